The van der Waals surface area contributed by atoms with Crippen LogP contribution in [-0.2, 0) is 4.79 Å². The lowest BCUT2D eigenvalue weighted by Crippen LogP contribution is -2.65. The van der Waals surface area contributed by atoms with E-state index >= 15 is 0 Å². The van der Waals surface area contributed by atoms with Crippen LogP contribution >= 0.6 is 0 Å². The largest absolute Gasteiger partial charge is 0.383 e. The van der Waals surface area contributed by atoms with Crippen LogP contribution in [0.4, 0.5) is 0 Å². The van der Waals surface area contributed by atoms with Gasteiger partial charge in [0.1, 0.15) is 6.10 Å². The second kappa shape index (κ2) is 2.54. The van der Waals surface area contributed by atoms with E-state index in [1.165, 1.54) is 0 Å². The summed E-state index contributed by atoms with van der Waals surface area (Å²) in [7, 11) is 0. The van der Waals surface area contributed by atoms with Crippen LogP contribution in [0.25, 0.3) is 0 Å². The number of aliphatic hydroxyl groups is 1. The van der Waals surface area contributed by atoms with Gasteiger partial charge in [-0.15, -0.1) is 0 Å². The molecule has 3 heteroatoms. The highest BCUT2D eigenvalue weighted by atomic mass is 16.3. The van der Waals surface area contributed by atoms with Crippen molar-refractivity contribution in [3.05, 3.63) is 0 Å². The highest BCUT2D eigenvalue weighted by Gasteiger charge is 2.43. The summed E-state index contributed by atoms with van der Waals surface area (Å²) in [4.78, 5) is 11.3. The molecule has 12 heavy (non-hydrogen) atoms. The first-order valence-corrected chi connectivity index (χ1v) is 4.25. The topological polar surface area (TPSA) is 49.3 Å². The minimum Gasteiger partial charge on any atom is -0.383 e. The predicted octanol–water partition coefficient (Wildman–Crippen LogP) is 0.467. The Morgan fingerprint density at radius 2 is 1.92 bits per heavy atom. The first-order valence-electron chi connectivity index (χ1n) is 4.25. The molecule has 0 saturated carbocycles. The summed E-state index contributed by atoms with van der Waals surface area (Å²) in [6.45, 7) is 7.63. The molecule has 1 aliphatic rings. The third-order valence-electron chi connectivity index (χ3n) is 2.27. The van der Waals surface area contributed by atoms with Gasteiger partial charge in [0.05, 0.1) is 0 Å². The van der Waals surface area contributed by atoms with Crippen LogP contribution < -0.4 is 5.32 Å². The Bertz CT molecular complexity index is 209. The van der Waals surface area contributed by atoms with Gasteiger partial charge in [-0.25, -0.2) is 0 Å². The van der Waals surface area contributed by atoms with Gasteiger partial charge in [-0.1, -0.05) is 0 Å². The summed E-state index contributed by atoms with van der Waals surface area (Å²) in [6, 6.07) is 0. The van der Waals surface area contributed by atoms with Crippen LogP contribution in [0, 0.1) is 0 Å². The van der Waals surface area contributed by atoms with Crippen molar-refractivity contribution in [2.45, 2.75) is 51.3 Å². The fourth-order valence-corrected chi connectivity index (χ4v) is 1.92. The number of ketones is 1. The second-order valence-electron chi connectivity index (χ2n) is 4.78. The fraction of sp³-hybridized carbons (Fsp3) is 0.889. The molecule has 70 valence electrons. The summed E-state index contributed by atoms with van der Waals surface area (Å²) in [5.41, 5.74) is -0.696. The van der Waals surface area contributed by atoms with E-state index in [1.807, 2.05) is 27.7 Å². The predicted molar refractivity (Wildman–Crippen MR) is 46.9 cm³/mol. The van der Waals surface area contributed by atoms with Gasteiger partial charge in [0.2, 0.25) is 0 Å². The second-order valence-corrected chi connectivity index (χ2v) is 4.78. The molecule has 0 aromatic heterocycles. The molecule has 1 atom stereocenters. The molecule has 0 spiro atoms. The molecule has 1 rings (SSSR count). The first kappa shape index (κ1) is 9.68. The summed E-state index contributed by atoms with van der Waals surface area (Å²) in [6.07, 6.45) is -0.469. The normalized spacial score (nSPS) is 33.4. The van der Waals surface area contributed by atoms with Crippen molar-refractivity contribution < 1.29 is 9.90 Å². The molecule has 0 aromatic carbocycles. The summed E-state index contributed by atoms with van der Waals surface area (Å²) in [5, 5.41) is 12.8. The van der Waals surface area contributed by atoms with Gasteiger partial charge in [-0.05, 0) is 27.7 Å². The number of carbonyl (C=O) groups is 1. The molecule has 1 unspecified atom stereocenters. The third kappa shape index (κ3) is 1.67. The van der Waals surface area contributed by atoms with E-state index in [-0.39, 0.29) is 11.3 Å². The van der Waals surface area contributed by atoms with Crippen molar-refractivity contribution in [3.8, 4) is 0 Å². The molecule has 1 saturated heterocycles. The number of aliphatic hydroxyl groups excluding tert-OH is 1. The van der Waals surface area contributed by atoms with E-state index < -0.39 is 11.6 Å². The molecular weight excluding hydrogens is 154 g/mol. The quantitative estimate of drug-likeness (QED) is 0.557. The lowest BCUT2D eigenvalue weighted by atomic mass is 9.80. The van der Waals surface area contributed by atoms with Crippen molar-refractivity contribution in [2.24, 2.45) is 0 Å². The maximum Gasteiger partial charge on any atom is 0.164 e. The van der Waals surface area contributed by atoms with E-state index in [0.717, 1.165) is 0 Å². The van der Waals surface area contributed by atoms with E-state index in [0.29, 0.717) is 6.42 Å². The smallest absolute Gasteiger partial charge is 0.164 e. The van der Waals surface area contributed by atoms with Gasteiger partial charge < -0.3 is 10.4 Å². The average Bonchev–Trinajstić information content (AvgIpc) is 1.79. The molecule has 0 radical (unpaired) electrons. The van der Waals surface area contributed by atoms with Crippen molar-refractivity contribution >= 4 is 5.78 Å². The zero-order valence-corrected chi connectivity index (χ0v) is 8.14. The molecule has 0 aromatic rings. The molecule has 0 bridgehead atoms. The molecule has 1 heterocycles. The van der Waals surface area contributed by atoms with Gasteiger partial charge in [-0.3, -0.25) is 4.79 Å². The molecule has 0 amide bonds. The van der Waals surface area contributed by atoms with Gasteiger partial charge in [0.25, 0.3) is 0 Å². The SMILES string of the molecule is CC1(C)CC(=O)C(O)C(C)(C)N1. The Balaban J connectivity index is 2.87. The van der Waals surface area contributed by atoms with Crippen molar-refractivity contribution in [1.82, 2.24) is 5.32 Å². The average molecular weight is 171 g/mol. The van der Waals surface area contributed by atoms with Crippen LogP contribution in [0.15, 0.2) is 0 Å². The van der Waals surface area contributed by atoms with Crippen molar-refractivity contribution in [3.63, 3.8) is 0 Å². The molecular formula is C9H17NO2. The van der Waals surface area contributed by atoms with E-state index in [1.54, 1.807) is 0 Å². The highest BCUT2D eigenvalue weighted by Crippen LogP contribution is 2.25. The van der Waals surface area contributed by atoms with Gasteiger partial charge in [0.15, 0.2) is 5.78 Å². The van der Waals surface area contributed by atoms with Gasteiger partial charge in [0, 0.05) is 17.5 Å². The Morgan fingerprint density at radius 1 is 1.42 bits per heavy atom. The van der Waals surface area contributed by atoms with Crippen LogP contribution in [0.2, 0.25) is 0 Å². The van der Waals surface area contributed by atoms with Crippen molar-refractivity contribution in [2.75, 3.05) is 0 Å². The first-order chi connectivity index (χ1) is 5.25. The maximum atomic E-state index is 11.3. The highest BCUT2D eigenvalue weighted by molar-refractivity contribution is 5.86. The molecule has 1 aliphatic heterocycles. The monoisotopic (exact) mass is 171 g/mol. The number of hydrogen-bond acceptors (Lipinski definition) is 3. The van der Waals surface area contributed by atoms with E-state index in [4.69, 9.17) is 0 Å². The van der Waals surface area contributed by atoms with Crippen LogP contribution in [0.5, 0.6) is 0 Å². The number of rotatable bonds is 0. The molecule has 1 fully saturated rings. The van der Waals surface area contributed by atoms with Gasteiger partial charge >= 0.3 is 0 Å². The lowest BCUT2D eigenvalue weighted by Gasteiger charge is -2.44. The number of carbonyl (C=O) groups excluding carboxylic acids is 1. The third-order valence-corrected chi connectivity index (χ3v) is 2.27. The Morgan fingerprint density at radius 3 is 2.33 bits per heavy atom. The minimum atomic E-state index is -0.870. The molecule has 0 aliphatic carbocycles. The van der Waals surface area contributed by atoms with E-state index in [9.17, 15) is 9.90 Å². The lowest BCUT2D eigenvalue weighted by molar-refractivity contribution is -0.137. The Hall–Kier alpha value is -0.410. The standard InChI is InChI=1S/C9H17NO2/c1-8(2)5-6(11)7(12)9(3,4)10-8/h7,10,12H,5H2,1-4H3. The van der Waals surface area contributed by atoms with Crippen LogP contribution in [0.3, 0.4) is 0 Å². The minimum absolute atomic E-state index is 0.0660. The number of nitrogens with one attached hydrogen (secondary N) is 1. The maximum absolute atomic E-state index is 11.3. The zero-order chi connectivity index (χ0) is 9.57. The van der Waals surface area contributed by atoms with Gasteiger partial charge in [-0.2, -0.15) is 0 Å². The van der Waals surface area contributed by atoms with E-state index in [2.05, 4.69) is 5.32 Å². The summed E-state index contributed by atoms with van der Waals surface area (Å²) < 4.78 is 0. The number of piperidine rings is 1. The Kier molecular flexibility index (Phi) is 2.05. The molecule has 3 nitrogen and oxygen atoms in total. The zero-order valence-electron chi connectivity index (χ0n) is 8.14. The van der Waals surface area contributed by atoms with Crippen molar-refractivity contribution in [1.29, 1.82) is 0 Å². The summed E-state index contributed by atoms with van der Waals surface area (Å²) >= 11 is 0. The Labute approximate surface area is 73.2 Å². The fourth-order valence-electron chi connectivity index (χ4n) is 1.92. The summed E-state index contributed by atoms with van der Waals surface area (Å²) in [5.74, 6) is -0.0660. The van der Waals surface area contributed by atoms with Crippen LogP contribution in [-0.4, -0.2) is 28.1 Å². The number of Topliss-reactive ketones (excluding diaryl/α,β-unsaturated/α-hetero) is 1. The number of hydrogen-bond donors (Lipinski definition) is 2. The molecule has 2 N–H and O–H groups in total. The van der Waals surface area contributed by atoms with Crippen LogP contribution in [0.1, 0.15) is 34.1 Å².